The third-order valence-electron chi connectivity index (χ3n) is 4.95. The lowest BCUT2D eigenvalue weighted by Crippen LogP contribution is -2.27. The molecule has 2 heteroatoms. The highest BCUT2D eigenvalue weighted by molar-refractivity contribution is 5.23. The van der Waals surface area contributed by atoms with Crippen LogP contribution in [0.15, 0.2) is 60.7 Å². The van der Waals surface area contributed by atoms with Gasteiger partial charge in [0.1, 0.15) is 0 Å². The number of hydrogen-bond acceptors (Lipinski definition) is 2. The fourth-order valence-electron chi connectivity index (χ4n) is 3.80. The van der Waals surface area contributed by atoms with Crippen LogP contribution in [0.1, 0.15) is 30.9 Å². The van der Waals surface area contributed by atoms with Crippen LogP contribution in [0.5, 0.6) is 0 Å². The predicted octanol–water partition coefficient (Wildman–Crippen LogP) is 4.33. The summed E-state index contributed by atoms with van der Waals surface area (Å²) in [6.07, 6.45) is 0.297. The summed E-state index contributed by atoms with van der Waals surface area (Å²) in [6, 6.07) is 21.7. The van der Waals surface area contributed by atoms with Crippen molar-refractivity contribution in [2.75, 3.05) is 19.7 Å². The van der Waals surface area contributed by atoms with Crippen molar-refractivity contribution in [2.24, 2.45) is 5.92 Å². The summed E-state index contributed by atoms with van der Waals surface area (Å²) in [5.74, 6) is 1.11. The molecule has 3 rings (SSSR count). The summed E-state index contributed by atoms with van der Waals surface area (Å²) in [7, 11) is 0. The smallest absolute Gasteiger partial charge is 0.0593 e. The molecule has 23 heavy (non-hydrogen) atoms. The van der Waals surface area contributed by atoms with E-state index < -0.39 is 0 Å². The number of ether oxygens (including phenoxy) is 1. The third kappa shape index (κ3) is 4.01. The second-order valence-electron chi connectivity index (χ2n) is 6.52. The Labute approximate surface area is 140 Å². The molecule has 0 N–H and O–H groups in total. The van der Waals surface area contributed by atoms with Gasteiger partial charge in [-0.2, -0.15) is 0 Å². The monoisotopic (exact) mass is 309 g/mol. The van der Waals surface area contributed by atoms with E-state index in [1.54, 1.807) is 0 Å². The Morgan fingerprint density at radius 1 is 1.00 bits per heavy atom. The quantitative estimate of drug-likeness (QED) is 0.787. The maximum Gasteiger partial charge on any atom is 0.0593 e. The van der Waals surface area contributed by atoms with Gasteiger partial charge in [-0.25, -0.2) is 0 Å². The molecule has 2 aromatic rings. The molecule has 1 aliphatic rings. The molecule has 3 atom stereocenters. The summed E-state index contributed by atoms with van der Waals surface area (Å²) < 4.78 is 5.95. The first kappa shape index (κ1) is 16.2. The second kappa shape index (κ2) is 7.76. The van der Waals surface area contributed by atoms with Gasteiger partial charge in [0.2, 0.25) is 0 Å². The summed E-state index contributed by atoms with van der Waals surface area (Å²) in [4.78, 5) is 2.58. The number of hydrogen-bond donors (Lipinski definition) is 0. The van der Waals surface area contributed by atoms with Gasteiger partial charge in [-0.1, -0.05) is 60.7 Å². The van der Waals surface area contributed by atoms with Crippen molar-refractivity contribution in [2.45, 2.75) is 32.4 Å². The highest BCUT2D eigenvalue weighted by Gasteiger charge is 2.37. The lowest BCUT2D eigenvalue weighted by Gasteiger charge is -2.25. The Hall–Kier alpha value is -1.64. The minimum absolute atomic E-state index is 0.297. The summed E-state index contributed by atoms with van der Waals surface area (Å²) in [5.41, 5.74) is 2.84. The first-order chi connectivity index (χ1) is 11.3. The van der Waals surface area contributed by atoms with Crippen LogP contribution in [-0.4, -0.2) is 30.7 Å². The topological polar surface area (TPSA) is 12.5 Å². The van der Waals surface area contributed by atoms with E-state index >= 15 is 0 Å². The molecular formula is C21H27NO. The number of rotatable bonds is 6. The SMILES string of the molecule is CCO[C@@H](C)[C@@H]1CN(Cc2ccccc2)C[C@H]1c1ccccc1. The van der Waals surface area contributed by atoms with Gasteiger partial charge in [0.15, 0.2) is 0 Å². The molecule has 0 amide bonds. The molecule has 0 radical (unpaired) electrons. The Bertz CT molecular complexity index is 583. The standard InChI is InChI=1S/C21H27NO/c1-3-23-17(2)20-15-22(14-18-10-6-4-7-11-18)16-21(20)19-12-8-5-9-13-19/h4-13,17,20-21H,3,14-16H2,1-2H3/t17-,20-,21-/m0/s1. The highest BCUT2D eigenvalue weighted by atomic mass is 16.5. The van der Waals surface area contributed by atoms with Crippen molar-refractivity contribution in [3.05, 3.63) is 71.8 Å². The normalized spacial score (nSPS) is 23.0. The molecule has 122 valence electrons. The first-order valence-corrected chi connectivity index (χ1v) is 8.70. The first-order valence-electron chi connectivity index (χ1n) is 8.70. The maximum atomic E-state index is 5.95. The van der Waals surface area contributed by atoms with Gasteiger partial charge in [-0.3, -0.25) is 4.90 Å². The van der Waals surface area contributed by atoms with Gasteiger partial charge in [-0.15, -0.1) is 0 Å². The van der Waals surface area contributed by atoms with Crippen LogP contribution in [0, 0.1) is 5.92 Å². The van der Waals surface area contributed by atoms with E-state index in [-0.39, 0.29) is 0 Å². The Morgan fingerprint density at radius 3 is 2.30 bits per heavy atom. The average molecular weight is 309 g/mol. The van der Waals surface area contributed by atoms with Crippen molar-refractivity contribution in [1.29, 1.82) is 0 Å². The highest BCUT2D eigenvalue weighted by Crippen LogP contribution is 2.36. The Morgan fingerprint density at radius 2 is 1.65 bits per heavy atom. The van der Waals surface area contributed by atoms with Crippen LogP contribution in [0.4, 0.5) is 0 Å². The molecule has 1 fully saturated rings. The zero-order valence-electron chi connectivity index (χ0n) is 14.2. The van der Waals surface area contributed by atoms with Crippen molar-refractivity contribution in [3.8, 4) is 0 Å². The number of likely N-dealkylation sites (tertiary alicyclic amines) is 1. The average Bonchev–Trinajstić information content (AvgIpc) is 3.01. The molecule has 0 unspecified atom stereocenters. The molecule has 0 aliphatic carbocycles. The third-order valence-corrected chi connectivity index (χ3v) is 4.95. The molecule has 0 spiro atoms. The lowest BCUT2D eigenvalue weighted by atomic mass is 9.86. The van der Waals surface area contributed by atoms with Gasteiger partial charge in [0.25, 0.3) is 0 Å². The Balaban J connectivity index is 1.76. The molecule has 0 saturated carbocycles. The predicted molar refractivity (Wildman–Crippen MR) is 95.5 cm³/mol. The van der Waals surface area contributed by atoms with Crippen LogP contribution in [0.25, 0.3) is 0 Å². The summed E-state index contributed by atoms with van der Waals surface area (Å²) >= 11 is 0. The molecule has 1 saturated heterocycles. The lowest BCUT2D eigenvalue weighted by molar-refractivity contribution is 0.0311. The van der Waals surface area contributed by atoms with E-state index in [2.05, 4.69) is 79.4 Å². The van der Waals surface area contributed by atoms with E-state index in [0.29, 0.717) is 17.9 Å². The largest absolute Gasteiger partial charge is 0.378 e. The maximum absolute atomic E-state index is 5.95. The van der Waals surface area contributed by atoms with Crippen molar-refractivity contribution in [1.82, 2.24) is 4.90 Å². The van der Waals surface area contributed by atoms with Crippen LogP contribution in [0.3, 0.4) is 0 Å². The zero-order valence-corrected chi connectivity index (χ0v) is 14.2. The van der Waals surface area contributed by atoms with Crippen molar-refractivity contribution in [3.63, 3.8) is 0 Å². The fraction of sp³-hybridized carbons (Fsp3) is 0.429. The van der Waals surface area contributed by atoms with Gasteiger partial charge < -0.3 is 4.74 Å². The van der Waals surface area contributed by atoms with Gasteiger partial charge >= 0.3 is 0 Å². The molecule has 2 nitrogen and oxygen atoms in total. The molecule has 1 heterocycles. The molecule has 0 aromatic heterocycles. The van der Waals surface area contributed by atoms with Crippen molar-refractivity contribution < 1.29 is 4.74 Å². The summed E-state index contributed by atoms with van der Waals surface area (Å²) in [6.45, 7) is 8.36. The van der Waals surface area contributed by atoms with Gasteiger partial charge in [0, 0.05) is 38.1 Å². The van der Waals surface area contributed by atoms with Crippen LogP contribution in [0.2, 0.25) is 0 Å². The fourth-order valence-corrected chi connectivity index (χ4v) is 3.80. The number of nitrogens with zero attached hydrogens (tertiary/aromatic N) is 1. The number of benzene rings is 2. The Kier molecular flexibility index (Phi) is 5.47. The molecule has 0 bridgehead atoms. The van der Waals surface area contributed by atoms with Crippen LogP contribution in [-0.2, 0) is 11.3 Å². The van der Waals surface area contributed by atoms with Crippen molar-refractivity contribution >= 4 is 0 Å². The van der Waals surface area contributed by atoms with E-state index in [4.69, 9.17) is 4.74 Å². The molecule has 2 aromatic carbocycles. The summed E-state index contributed by atoms with van der Waals surface area (Å²) in [5, 5.41) is 0. The van der Waals surface area contributed by atoms with Crippen LogP contribution < -0.4 is 0 Å². The van der Waals surface area contributed by atoms with E-state index in [0.717, 1.165) is 26.2 Å². The zero-order chi connectivity index (χ0) is 16.1. The molecular weight excluding hydrogens is 282 g/mol. The second-order valence-corrected chi connectivity index (χ2v) is 6.52. The minimum Gasteiger partial charge on any atom is -0.378 e. The van der Waals surface area contributed by atoms with E-state index in [1.807, 2.05) is 0 Å². The minimum atomic E-state index is 0.297. The van der Waals surface area contributed by atoms with E-state index in [1.165, 1.54) is 11.1 Å². The van der Waals surface area contributed by atoms with Gasteiger partial charge in [0.05, 0.1) is 6.10 Å². The molecule has 1 aliphatic heterocycles. The van der Waals surface area contributed by atoms with E-state index in [9.17, 15) is 0 Å². The van der Waals surface area contributed by atoms with Crippen LogP contribution >= 0.6 is 0 Å². The van der Waals surface area contributed by atoms with Gasteiger partial charge in [-0.05, 0) is 25.0 Å².